The van der Waals surface area contributed by atoms with Crippen molar-refractivity contribution in [1.29, 1.82) is 0 Å². The van der Waals surface area contributed by atoms with Crippen molar-refractivity contribution in [3.63, 3.8) is 0 Å². The van der Waals surface area contributed by atoms with Crippen LogP contribution in [0.4, 0.5) is 0 Å². The number of hydrogen-bond donors (Lipinski definition) is 2. The average Bonchev–Trinajstić information content (AvgIpc) is 2.72. The van der Waals surface area contributed by atoms with Gasteiger partial charge < -0.3 is 11.1 Å². The van der Waals surface area contributed by atoms with Crippen molar-refractivity contribution >= 4 is 18.3 Å². The molecule has 0 unspecified atom stereocenters. The second kappa shape index (κ2) is 8.11. The van der Waals surface area contributed by atoms with E-state index >= 15 is 0 Å². The van der Waals surface area contributed by atoms with E-state index in [-0.39, 0.29) is 30.3 Å². The summed E-state index contributed by atoms with van der Waals surface area (Å²) in [6, 6.07) is -0.373. The van der Waals surface area contributed by atoms with E-state index in [0.717, 1.165) is 6.54 Å². The Balaban J connectivity index is 0.00000324. The number of rotatable bonds is 6. The molecule has 0 aromatic carbocycles. The molecule has 0 spiro atoms. The lowest BCUT2D eigenvalue weighted by Gasteiger charge is -2.32. The van der Waals surface area contributed by atoms with Gasteiger partial charge in [0.05, 0.1) is 6.04 Å². The summed E-state index contributed by atoms with van der Waals surface area (Å²) in [5, 5.41) is 3.09. The Kier molecular flexibility index (Phi) is 7.99. The zero-order valence-corrected chi connectivity index (χ0v) is 13.7. The molecule has 1 fully saturated rings. The topological polar surface area (TPSA) is 55.1 Å². The van der Waals surface area contributed by atoms with Gasteiger partial charge in [-0.15, -0.1) is 12.4 Å². The van der Waals surface area contributed by atoms with Gasteiger partial charge in [-0.05, 0) is 36.5 Å². The molecule has 0 radical (unpaired) electrons. The van der Waals surface area contributed by atoms with Gasteiger partial charge in [-0.2, -0.15) is 0 Å². The van der Waals surface area contributed by atoms with Crippen LogP contribution in [0.2, 0.25) is 0 Å². The summed E-state index contributed by atoms with van der Waals surface area (Å²) < 4.78 is 0. The van der Waals surface area contributed by atoms with E-state index in [0.29, 0.717) is 11.3 Å². The van der Waals surface area contributed by atoms with Crippen LogP contribution in [0.15, 0.2) is 0 Å². The van der Waals surface area contributed by atoms with Gasteiger partial charge in [0, 0.05) is 6.54 Å². The van der Waals surface area contributed by atoms with E-state index in [9.17, 15) is 4.79 Å². The van der Waals surface area contributed by atoms with E-state index in [4.69, 9.17) is 5.73 Å². The van der Waals surface area contributed by atoms with Crippen molar-refractivity contribution in [1.82, 2.24) is 5.32 Å². The van der Waals surface area contributed by atoms with Gasteiger partial charge >= 0.3 is 0 Å². The molecule has 0 aromatic heterocycles. The summed E-state index contributed by atoms with van der Waals surface area (Å²) in [7, 11) is 0. The van der Waals surface area contributed by atoms with Crippen LogP contribution in [-0.4, -0.2) is 18.5 Å². The zero-order valence-electron chi connectivity index (χ0n) is 12.9. The van der Waals surface area contributed by atoms with Crippen LogP contribution in [0.3, 0.4) is 0 Å². The summed E-state index contributed by atoms with van der Waals surface area (Å²) in [6.07, 6.45) is 6.33. The predicted molar refractivity (Wildman–Crippen MR) is 83.4 cm³/mol. The second-order valence-electron chi connectivity index (χ2n) is 6.79. The minimum Gasteiger partial charge on any atom is -0.354 e. The van der Waals surface area contributed by atoms with Crippen molar-refractivity contribution in [2.75, 3.05) is 6.54 Å². The molecule has 0 bridgehead atoms. The fourth-order valence-electron chi connectivity index (χ4n) is 3.14. The molecule has 0 aliphatic heterocycles. The minimum atomic E-state index is -0.373. The highest BCUT2D eigenvalue weighted by atomic mass is 35.5. The fraction of sp³-hybridized carbons (Fsp3) is 0.933. The quantitative estimate of drug-likeness (QED) is 0.790. The highest BCUT2D eigenvalue weighted by Gasteiger charge is 2.35. The van der Waals surface area contributed by atoms with Crippen molar-refractivity contribution < 1.29 is 4.79 Å². The lowest BCUT2D eigenvalue weighted by atomic mass is 9.78. The maximum Gasteiger partial charge on any atom is 0.237 e. The van der Waals surface area contributed by atoms with Crippen LogP contribution in [0, 0.1) is 17.3 Å². The number of nitrogens with one attached hydrogen (secondary N) is 1. The first-order valence-electron chi connectivity index (χ1n) is 7.39. The maximum absolute atomic E-state index is 11.9. The van der Waals surface area contributed by atoms with Crippen molar-refractivity contribution in [2.24, 2.45) is 23.0 Å². The first-order valence-corrected chi connectivity index (χ1v) is 7.39. The molecule has 1 amide bonds. The van der Waals surface area contributed by atoms with Crippen LogP contribution in [0.5, 0.6) is 0 Å². The van der Waals surface area contributed by atoms with Gasteiger partial charge in [-0.1, -0.05) is 40.5 Å². The smallest absolute Gasteiger partial charge is 0.237 e. The summed E-state index contributed by atoms with van der Waals surface area (Å²) in [4.78, 5) is 11.9. The predicted octanol–water partition coefficient (Wildman–Crippen LogP) is 3.11. The molecule has 1 atom stereocenters. The standard InChI is InChI=1S/C15H30N2O.ClH/c1-11(2)9-15(7-5-6-8-15)10-17-14(18)13(16)12(3)4;/h11-13H,5-10,16H2,1-4H3,(H,17,18);1H/t13-;/m1./s1. The van der Waals surface area contributed by atoms with Crippen molar-refractivity contribution in [3.8, 4) is 0 Å². The van der Waals surface area contributed by atoms with Gasteiger partial charge in [0.2, 0.25) is 5.91 Å². The van der Waals surface area contributed by atoms with E-state index in [1.54, 1.807) is 0 Å². The number of nitrogens with two attached hydrogens (primary N) is 1. The summed E-state index contributed by atoms with van der Waals surface area (Å²) in [5.41, 5.74) is 6.21. The van der Waals surface area contributed by atoms with Crippen LogP contribution >= 0.6 is 12.4 Å². The Morgan fingerprint density at radius 1 is 1.21 bits per heavy atom. The van der Waals surface area contributed by atoms with Crippen LogP contribution in [-0.2, 0) is 4.79 Å². The lowest BCUT2D eigenvalue weighted by molar-refractivity contribution is -0.123. The Morgan fingerprint density at radius 2 is 1.74 bits per heavy atom. The van der Waals surface area contributed by atoms with Crippen LogP contribution in [0.25, 0.3) is 0 Å². The van der Waals surface area contributed by atoms with E-state index < -0.39 is 0 Å². The Labute approximate surface area is 124 Å². The third-order valence-corrected chi connectivity index (χ3v) is 4.16. The largest absolute Gasteiger partial charge is 0.354 e. The molecule has 1 aliphatic carbocycles. The van der Waals surface area contributed by atoms with Crippen LogP contribution in [0.1, 0.15) is 59.8 Å². The summed E-state index contributed by atoms with van der Waals surface area (Å²) in [5.74, 6) is 0.911. The first kappa shape index (κ1) is 18.7. The zero-order chi connectivity index (χ0) is 13.8. The van der Waals surface area contributed by atoms with Crippen molar-refractivity contribution in [2.45, 2.75) is 65.8 Å². The van der Waals surface area contributed by atoms with Gasteiger partial charge in [0.25, 0.3) is 0 Å². The molecular weight excluding hydrogens is 260 g/mol. The Bertz CT molecular complexity index is 273. The maximum atomic E-state index is 11.9. The molecule has 114 valence electrons. The number of carbonyl (C=O) groups is 1. The monoisotopic (exact) mass is 290 g/mol. The van der Waals surface area contributed by atoms with Gasteiger partial charge in [-0.3, -0.25) is 4.79 Å². The molecule has 3 N–H and O–H groups in total. The number of amides is 1. The molecule has 0 saturated heterocycles. The molecule has 0 aromatic rings. The van der Waals surface area contributed by atoms with Crippen molar-refractivity contribution in [3.05, 3.63) is 0 Å². The molecule has 4 heteroatoms. The second-order valence-corrected chi connectivity index (χ2v) is 6.79. The third kappa shape index (κ3) is 5.70. The molecular formula is C15H31ClN2O. The van der Waals surface area contributed by atoms with E-state index in [1.165, 1.54) is 32.1 Å². The molecule has 19 heavy (non-hydrogen) atoms. The number of hydrogen-bond acceptors (Lipinski definition) is 2. The molecule has 1 saturated carbocycles. The van der Waals surface area contributed by atoms with E-state index in [2.05, 4.69) is 19.2 Å². The summed E-state index contributed by atoms with van der Waals surface area (Å²) >= 11 is 0. The first-order chi connectivity index (χ1) is 8.36. The molecule has 1 rings (SSSR count). The lowest BCUT2D eigenvalue weighted by Crippen LogP contribution is -2.47. The fourth-order valence-corrected chi connectivity index (χ4v) is 3.14. The molecule has 1 aliphatic rings. The number of carbonyl (C=O) groups excluding carboxylic acids is 1. The SMILES string of the molecule is CC(C)CC1(CNC(=O)[C@H](N)C(C)C)CCCC1.Cl. The van der Waals surface area contributed by atoms with Gasteiger partial charge in [-0.25, -0.2) is 0 Å². The minimum absolute atomic E-state index is 0. The highest BCUT2D eigenvalue weighted by molar-refractivity contribution is 5.85. The highest BCUT2D eigenvalue weighted by Crippen LogP contribution is 2.42. The molecule has 0 heterocycles. The van der Waals surface area contributed by atoms with Gasteiger partial charge in [0.1, 0.15) is 0 Å². The van der Waals surface area contributed by atoms with E-state index in [1.807, 2.05) is 13.8 Å². The number of halogens is 1. The third-order valence-electron chi connectivity index (χ3n) is 4.16. The summed E-state index contributed by atoms with van der Waals surface area (Å²) in [6.45, 7) is 9.32. The normalized spacial score (nSPS) is 19.3. The molecule has 3 nitrogen and oxygen atoms in total. The Hall–Kier alpha value is -0.280. The van der Waals surface area contributed by atoms with Gasteiger partial charge in [0.15, 0.2) is 0 Å². The average molecular weight is 291 g/mol. The Morgan fingerprint density at radius 3 is 2.16 bits per heavy atom. The van der Waals surface area contributed by atoms with Crippen LogP contribution < -0.4 is 11.1 Å².